The molecule has 0 aliphatic heterocycles. The molecule has 0 spiro atoms. The van der Waals surface area contributed by atoms with E-state index in [4.69, 9.17) is 18.9 Å². The highest BCUT2D eigenvalue weighted by atomic mass is 16.5. The Labute approximate surface area is 163 Å². The van der Waals surface area contributed by atoms with Crippen LogP contribution < -0.4 is 10.6 Å². The Kier molecular flexibility index (Phi) is 12.8. The number of rotatable bonds is 15. The summed E-state index contributed by atoms with van der Waals surface area (Å²) < 4.78 is 21.9. The van der Waals surface area contributed by atoms with E-state index in [1.807, 2.05) is 26.0 Å². The minimum Gasteiger partial charge on any atom is -0.491 e. The summed E-state index contributed by atoms with van der Waals surface area (Å²) in [7, 11) is 0. The van der Waals surface area contributed by atoms with Crippen molar-refractivity contribution in [2.24, 2.45) is 0 Å². The van der Waals surface area contributed by atoms with E-state index in [0.717, 1.165) is 24.2 Å². The van der Waals surface area contributed by atoms with Crippen LogP contribution in [-0.2, 0) is 23.7 Å². The molecule has 0 aromatic heterocycles. The van der Waals surface area contributed by atoms with E-state index >= 15 is 0 Å². The van der Waals surface area contributed by atoms with Crippen LogP contribution in [0.4, 0.5) is 0 Å². The second-order valence-corrected chi connectivity index (χ2v) is 6.87. The molecule has 156 valence electrons. The highest BCUT2D eigenvalue weighted by Crippen LogP contribution is 2.19. The van der Waals surface area contributed by atoms with Crippen molar-refractivity contribution >= 4 is 5.91 Å². The molecule has 1 aliphatic rings. The van der Waals surface area contributed by atoms with Crippen LogP contribution in [0, 0.1) is 0 Å². The number of nitrogens with one attached hydrogen (secondary N) is 2. The van der Waals surface area contributed by atoms with E-state index in [2.05, 4.69) is 24.5 Å². The van der Waals surface area contributed by atoms with Crippen LogP contribution in [0.25, 0.3) is 0 Å². The van der Waals surface area contributed by atoms with E-state index in [1.54, 1.807) is 0 Å². The summed E-state index contributed by atoms with van der Waals surface area (Å²) in [5.41, 5.74) is 0.753. The zero-order chi connectivity index (χ0) is 19.9. The van der Waals surface area contributed by atoms with Crippen molar-refractivity contribution in [2.45, 2.75) is 52.7 Å². The van der Waals surface area contributed by atoms with Gasteiger partial charge in [0.25, 0.3) is 0 Å². The van der Waals surface area contributed by atoms with Crippen LogP contribution in [0.3, 0.4) is 0 Å². The normalized spacial score (nSPS) is 14.3. The summed E-state index contributed by atoms with van der Waals surface area (Å²) >= 11 is 0. The molecule has 7 nitrogen and oxygen atoms in total. The Balaban J connectivity index is 1.98. The van der Waals surface area contributed by atoms with Gasteiger partial charge >= 0.3 is 0 Å². The average molecular weight is 385 g/mol. The van der Waals surface area contributed by atoms with Crippen LogP contribution in [0.5, 0.6) is 0 Å². The molecule has 1 rings (SSSR count). The van der Waals surface area contributed by atoms with Gasteiger partial charge in [-0.2, -0.15) is 0 Å². The smallest absolute Gasteiger partial charge is 0.247 e. The fourth-order valence-corrected chi connectivity index (χ4v) is 2.29. The molecule has 0 heterocycles. The molecule has 0 fully saturated rings. The molecule has 7 heteroatoms. The van der Waals surface area contributed by atoms with Gasteiger partial charge in [0.15, 0.2) is 0 Å². The summed E-state index contributed by atoms with van der Waals surface area (Å²) in [6.45, 7) is 11.7. The highest BCUT2D eigenvalue weighted by molar-refractivity contribution is 5.94. The molecule has 0 atom stereocenters. The largest absolute Gasteiger partial charge is 0.491 e. The molecule has 0 bridgehead atoms. The predicted octanol–water partition coefficient (Wildman–Crippen LogP) is 2.14. The summed E-state index contributed by atoms with van der Waals surface area (Å²) in [6.07, 6.45) is 5.51. The fraction of sp³-hybridized carbons (Fsp3) is 0.750. The average Bonchev–Trinajstić information content (AvgIpc) is 2.61. The molecular formula is C20H36N2O5. The Hall–Kier alpha value is -1.41. The Morgan fingerprint density at radius 1 is 1.04 bits per heavy atom. The molecule has 0 saturated heterocycles. The first-order chi connectivity index (χ1) is 13.0. The lowest BCUT2D eigenvalue weighted by molar-refractivity contribution is -0.118. The summed E-state index contributed by atoms with van der Waals surface area (Å²) in [6, 6.07) is 0.418. The minimum absolute atomic E-state index is 0.0556. The lowest BCUT2D eigenvalue weighted by Crippen LogP contribution is -2.29. The van der Waals surface area contributed by atoms with Crippen LogP contribution in [0.15, 0.2) is 23.5 Å². The maximum absolute atomic E-state index is 12.2. The summed E-state index contributed by atoms with van der Waals surface area (Å²) in [5.74, 6) is 0.721. The van der Waals surface area contributed by atoms with E-state index in [9.17, 15) is 4.79 Å². The molecule has 2 N–H and O–H groups in total. The van der Waals surface area contributed by atoms with E-state index in [1.165, 1.54) is 0 Å². The van der Waals surface area contributed by atoms with Gasteiger partial charge in [-0.15, -0.1) is 0 Å². The van der Waals surface area contributed by atoms with Gasteiger partial charge in [0.05, 0.1) is 45.9 Å². The van der Waals surface area contributed by atoms with Crippen LogP contribution >= 0.6 is 0 Å². The highest BCUT2D eigenvalue weighted by Gasteiger charge is 2.14. The van der Waals surface area contributed by atoms with E-state index < -0.39 is 0 Å². The topological polar surface area (TPSA) is 78.0 Å². The van der Waals surface area contributed by atoms with Gasteiger partial charge in [0.1, 0.15) is 5.76 Å². The molecule has 27 heavy (non-hydrogen) atoms. The van der Waals surface area contributed by atoms with Crippen molar-refractivity contribution < 1.29 is 23.7 Å². The number of carbonyl (C=O) groups is 1. The second kappa shape index (κ2) is 14.6. The molecule has 0 radical (unpaired) electrons. The zero-order valence-corrected chi connectivity index (χ0v) is 17.2. The monoisotopic (exact) mass is 384 g/mol. The van der Waals surface area contributed by atoms with Gasteiger partial charge in [0, 0.05) is 18.2 Å². The quantitative estimate of drug-likeness (QED) is 0.333. The maximum atomic E-state index is 12.2. The van der Waals surface area contributed by atoms with E-state index in [0.29, 0.717) is 52.4 Å². The molecule has 0 aromatic carbocycles. The first kappa shape index (κ1) is 23.6. The van der Waals surface area contributed by atoms with Crippen LogP contribution in [0.2, 0.25) is 0 Å². The van der Waals surface area contributed by atoms with Crippen molar-refractivity contribution in [1.82, 2.24) is 10.6 Å². The van der Waals surface area contributed by atoms with Gasteiger partial charge in [-0.25, -0.2) is 0 Å². The number of amides is 1. The number of hydrogen-bond acceptors (Lipinski definition) is 6. The summed E-state index contributed by atoms with van der Waals surface area (Å²) in [5, 5.41) is 6.04. The molecule has 1 amide bonds. The zero-order valence-electron chi connectivity index (χ0n) is 17.2. The predicted molar refractivity (Wildman–Crippen MR) is 105 cm³/mol. The third-order valence-corrected chi connectivity index (χ3v) is 3.61. The van der Waals surface area contributed by atoms with Crippen LogP contribution in [-0.4, -0.2) is 64.4 Å². The molecule has 0 unspecified atom stereocenters. The minimum atomic E-state index is -0.0556. The van der Waals surface area contributed by atoms with Gasteiger partial charge in [-0.3, -0.25) is 10.1 Å². The number of hydrogen-bond donors (Lipinski definition) is 2. The van der Waals surface area contributed by atoms with Crippen molar-refractivity contribution in [2.75, 3.05) is 46.3 Å². The third-order valence-electron chi connectivity index (χ3n) is 3.61. The molecular weight excluding hydrogens is 348 g/mol. The first-order valence-electron chi connectivity index (χ1n) is 9.81. The SMILES string of the molecule is CC(C)NCOCCOCCOCCNC(=O)C1=CC(OC(C)C)=CCC1. The Morgan fingerprint density at radius 3 is 2.37 bits per heavy atom. The molecule has 0 saturated carbocycles. The fourth-order valence-electron chi connectivity index (χ4n) is 2.29. The Morgan fingerprint density at radius 2 is 1.70 bits per heavy atom. The van der Waals surface area contributed by atoms with Crippen molar-refractivity contribution in [3.8, 4) is 0 Å². The number of carbonyl (C=O) groups excluding carboxylic acids is 1. The van der Waals surface area contributed by atoms with Crippen molar-refractivity contribution in [3.05, 3.63) is 23.5 Å². The number of allylic oxidation sites excluding steroid dienone is 2. The first-order valence-corrected chi connectivity index (χ1v) is 9.81. The third kappa shape index (κ3) is 12.6. The molecule has 0 aromatic rings. The lowest BCUT2D eigenvalue weighted by Gasteiger charge is -2.16. The second-order valence-electron chi connectivity index (χ2n) is 6.87. The van der Waals surface area contributed by atoms with Gasteiger partial charge in [0.2, 0.25) is 5.91 Å². The lowest BCUT2D eigenvalue weighted by atomic mass is 10.0. The van der Waals surface area contributed by atoms with Gasteiger partial charge in [-0.1, -0.05) is 0 Å². The van der Waals surface area contributed by atoms with Crippen molar-refractivity contribution in [3.63, 3.8) is 0 Å². The van der Waals surface area contributed by atoms with E-state index in [-0.39, 0.29) is 12.0 Å². The Bertz CT molecular complexity index is 475. The number of ether oxygens (including phenoxy) is 4. The molecule has 1 aliphatic carbocycles. The van der Waals surface area contributed by atoms with Crippen LogP contribution in [0.1, 0.15) is 40.5 Å². The van der Waals surface area contributed by atoms with Gasteiger partial charge in [-0.05, 0) is 52.7 Å². The van der Waals surface area contributed by atoms with Crippen molar-refractivity contribution in [1.29, 1.82) is 0 Å². The van der Waals surface area contributed by atoms with Gasteiger partial charge < -0.3 is 24.3 Å². The maximum Gasteiger partial charge on any atom is 0.247 e. The standard InChI is InChI=1S/C20H36N2O5/c1-16(2)22-15-26-13-12-25-11-10-24-9-8-21-20(23)18-6-5-7-19(14-18)27-17(3)4/h7,14,16-17,22H,5-6,8-13,15H2,1-4H3,(H,21,23). The summed E-state index contributed by atoms with van der Waals surface area (Å²) in [4.78, 5) is 12.2.